The minimum atomic E-state index is 0.640. The van der Waals surface area contributed by atoms with Gasteiger partial charge in [0.15, 0.2) is 5.11 Å². The van der Waals surface area contributed by atoms with E-state index in [0.717, 1.165) is 5.11 Å². The zero-order valence-electron chi connectivity index (χ0n) is 5.89. The fourth-order valence-electron chi connectivity index (χ4n) is 1.85. The van der Waals surface area contributed by atoms with Crippen LogP contribution >= 0.6 is 12.2 Å². The van der Waals surface area contributed by atoms with E-state index in [1.165, 1.54) is 25.7 Å². The second-order valence-electron chi connectivity index (χ2n) is 3.12. The molecule has 2 rings (SSSR count). The summed E-state index contributed by atoms with van der Waals surface area (Å²) in [5, 5.41) is 7.41. The van der Waals surface area contributed by atoms with Gasteiger partial charge >= 0.3 is 0 Å². The van der Waals surface area contributed by atoms with Gasteiger partial charge in [-0.1, -0.05) is 12.8 Å². The Balaban J connectivity index is 2.04. The number of fused-ring (bicyclic) bond motifs is 1. The molecule has 0 bridgehead atoms. The highest BCUT2D eigenvalue weighted by atomic mass is 32.1. The largest absolute Gasteiger partial charge is 0.358 e. The van der Waals surface area contributed by atoms with Gasteiger partial charge in [0.05, 0.1) is 0 Å². The van der Waals surface area contributed by atoms with Crippen molar-refractivity contribution in [3.8, 4) is 0 Å². The topological polar surface area (TPSA) is 24.1 Å². The number of thiocarbonyl (C=S) groups is 1. The molecule has 0 amide bonds. The van der Waals surface area contributed by atoms with Gasteiger partial charge in [-0.2, -0.15) is 0 Å². The third kappa shape index (κ3) is 0.985. The Morgan fingerprint density at radius 1 is 1.10 bits per heavy atom. The molecule has 0 aromatic rings. The maximum atomic E-state index is 5.01. The Morgan fingerprint density at radius 2 is 1.60 bits per heavy atom. The van der Waals surface area contributed by atoms with E-state index >= 15 is 0 Å². The lowest BCUT2D eigenvalue weighted by Crippen LogP contribution is -2.36. The van der Waals surface area contributed by atoms with Crippen molar-refractivity contribution in [3.05, 3.63) is 0 Å². The van der Waals surface area contributed by atoms with Crippen LogP contribution in [0.15, 0.2) is 0 Å². The normalized spacial score (nSPS) is 38.2. The lowest BCUT2D eigenvalue weighted by atomic mass is 9.92. The van der Waals surface area contributed by atoms with Crippen molar-refractivity contribution in [2.45, 2.75) is 37.8 Å². The Kier molecular flexibility index (Phi) is 1.52. The summed E-state index contributed by atoms with van der Waals surface area (Å²) in [7, 11) is 0. The van der Waals surface area contributed by atoms with E-state index in [1.807, 2.05) is 0 Å². The Morgan fingerprint density at radius 3 is 2.10 bits per heavy atom. The van der Waals surface area contributed by atoms with Gasteiger partial charge in [-0.3, -0.25) is 0 Å². The average Bonchev–Trinajstić information content (AvgIpc) is 2.27. The molecule has 0 unspecified atom stereocenters. The Labute approximate surface area is 66.4 Å². The van der Waals surface area contributed by atoms with Crippen LogP contribution in [-0.2, 0) is 0 Å². The standard InChI is InChI=1S/C7H12N2S/c10-7-8-5-3-1-2-4-6(5)9-7/h5-6H,1-4H2,(H2,8,9,10)/t5-,6+. The summed E-state index contributed by atoms with van der Waals surface area (Å²) in [6.45, 7) is 0. The molecule has 3 heteroatoms. The fourth-order valence-corrected chi connectivity index (χ4v) is 2.16. The van der Waals surface area contributed by atoms with E-state index in [4.69, 9.17) is 12.2 Å². The summed E-state index contributed by atoms with van der Waals surface area (Å²) in [5.41, 5.74) is 0. The van der Waals surface area contributed by atoms with Gasteiger partial charge in [0, 0.05) is 12.1 Å². The van der Waals surface area contributed by atoms with Gasteiger partial charge in [-0.05, 0) is 25.1 Å². The highest BCUT2D eigenvalue weighted by molar-refractivity contribution is 7.80. The van der Waals surface area contributed by atoms with E-state index in [-0.39, 0.29) is 0 Å². The van der Waals surface area contributed by atoms with Crippen LogP contribution in [0.5, 0.6) is 0 Å². The van der Waals surface area contributed by atoms with Crippen LogP contribution in [0, 0.1) is 0 Å². The van der Waals surface area contributed by atoms with Crippen molar-refractivity contribution in [1.29, 1.82) is 0 Å². The number of nitrogens with one attached hydrogen (secondary N) is 2. The molecule has 0 radical (unpaired) electrons. The minimum Gasteiger partial charge on any atom is -0.358 e. The van der Waals surface area contributed by atoms with Crippen LogP contribution in [0.25, 0.3) is 0 Å². The van der Waals surface area contributed by atoms with Gasteiger partial charge in [0.2, 0.25) is 0 Å². The van der Waals surface area contributed by atoms with Crippen molar-refractivity contribution >= 4 is 17.3 Å². The maximum Gasteiger partial charge on any atom is 0.166 e. The summed E-state index contributed by atoms with van der Waals surface area (Å²) < 4.78 is 0. The molecule has 2 nitrogen and oxygen atoms in total. The number of rotatable bonds is 0. The lowest BCUT2D eigenvalue weighted by molar-refractivity contribution is 0.374. The summed E-state index contributed by atoms with van der Waals surface area (Å²) in [5.74, 6) is 0. The molecule has 0 aromatic heterocycles. The van der Waals surface area contributed by atoms with Gasteiger partial charge < -0.3 is 10.6 Å². The molecule has 1 heterocycles. The predicted molar refractivity (Wildman–Crippen MR) is 44.9 cm³/mol. The van der Waals surface area contributed by atoms with Crippen LogP contribution in [0.3, 0.4) is 0 Å². The molecular weight excluding hydrogens is 144 g/mol. The van der Waals surface area contributed by atoms with Crippen LogP contribution in [0.4, 0.5) is 0 Å². The molecule has 56 valence electrons. The average molecular weight is 156 g/mol. The summed E-state index contributed by atoms with van der Waals surface area (Å²) in [6.07, 6.45) is 5.30. The highest BCUT2D eigenvalue weighted by Gasteiger charge is 2.30. The third-order valence-corrected chi connectivity index (χ3v) is 2.63. The molecule has 0 aromatic carbocycles. The van der Waals surface area contributed by atoms with Crippen molar-refractivity contribution in [3.63, 3.8) is 0 Å². The first-order chi connectivity index (χ1) is 4.86. The first-order valence-corrected chi connectivity index (χ1v) is 4.34. The molecule has 2 fully saturated rings. The van der Waals surface area contributed by atoms with Crippen molar-refractivity contribution in [2.24, 2.45) is 0 Å². The summed E-state index contributed by atoms with van der Waals surface area (Å²) >= 11 is 5.01. The van der Waals surface area contributed by atoms with E-state index in [2.05, 4.69) is 10.6 Å². The smallest absolute Gasteiger partial charge is 0.166 e. The number of hydrogen-bond donors (Lipinski definition) is 2. The zero-order chi connectivity index (χ0) is 6.97. The molecule has 0 spiro atoms. The third-order valence-electron chi connectivity index (χ3n) is 2.40. The van der Waals surface area contributed by atoms with Crippen molar-refractivity contribution < 1.29 is 0 Å². The predicted octanol–water partition coefficient (Wildman–Crippen LogP) is 0.775. The first kappa shape index (κ1) is 6.40. The second kappa shape index (κ2) is 2.38. The minimum absolute atomic E-state index is 0.640. The molecule has 2 atom stereocenters. The van der Waals surface area contributed by atoms with Gasteiger partial charge in [-0.15, -0.1) is 0 Å². The molecule has 2 aliphatic rings. The van der Waals surface area contributed by atoms with E-state index in [0.29, 0.717) is 12.1 Å². The quantitative estimate of drug-likeness (QED) is 0.507. The Bertz CT molecular complexity index is 142. The van der Waals surface area contributed by atoms with Crippen LogP contribution in [-0.4, -0.2) is 17.2 Å². The van der Waals surface area contributed by atoms with E-state index < -0.39 is 0 Å². The second-order valence-corrected chi connectivity index (χ2v) is 3.52. The van der Waals surface area contributed by atoms with Crippen molar-refractivity contribution in [1.82, 2.24) is 10.6 Å². The molecular formula is C7H12N2S. The number of hydrogen-bond acceptors (Lipinski definition) is 1. The van der Waals surface area contributed by atoms with E-state index in [1.54, 1.807) is 0 Å². The maximum absolute atomic E-state index is 5.01. The van der Waals surface area contributed by atoms with Crippen LogP contribution in [0.2, 0.25) is 0 Å². The van der Waals surface area contributed by atoms with Crippen LogP contribution in [0.1, 0.15) is 25.7 Å². The lowest BCUT2D eigenvalue weighted by Gasteiger charge is -2.23. The highest BCUT2D eigenvalue weighted by Crippen LogP contribution is 2.21. The molecule has 1 saturated heterocycles. The summed E-state index contributed by atoms with van der Waals surface area (Å²) in [6, 6.07) is 1.28. The zero-order valence-corrected chi connectivity index (χ0v) is 6.71. The molecule has 1 saturated carbocycles. The van der Waals surface area contributed by atoms with Crippen molar-refractivity contribution in [2.75, 3.05) is 0 Å². The van der Waals surface area contributed by atoms with E-state index in [9.17, 15) is 0 Å². The molecule has 2 N–H and O–H groups in total. The summed E-state index contributed by atoms with van der Waals surface area (Å²) in [4.78, 5) is 0. The first-order valence-electron chi connectivity index (χ1n) is 3.93. The SMILES string of the molecule is S=C1N[C@H]2CCCC[C@H]2N1. The van der Waals surface area contributed by atoms with Gasteiger partial charge in [-0.25, -0.2) is 0 Å². The molecule has 1 aliphatic carbocycles. The van der Waals surface area contributed by atoms with Crippen LogP contribution < -0.4 is 10.6 Å². The molecule has 1 aliphatic heterocycles. The van der Waals surface area contributed by atoms with Gasteiger partial charge in [0.1, 0.15) is 0 Å². The molecule has 10 heavy (non-hydrogen) atoms. The monoisotopic (exact) mass is 156 g/mol. The van der Waals surface area contributed by atoms with Gasteiger partial charge in [0.25, 0.3) is 0 Å². The Hall–Kier alpha value is -0.310. The fraction of sp³-hybridized carbons (Fsp3) is 0.857.